The third-order valence-corrected chi connectivity index (χ3v) is 2.34. The number of benzene rings is 1. The van der Waals surface area contributed by atoms with Crippen molar-refractivity contribution in [1.29, 1.82) is 0 Å². The van der Waals surface area contributed by atoms with Crippen molar-refractivity contribution in [2.24, 2.45) is 0 Å². The highest BCUT2D eigenvalue weighted by atomic mass is 19.2. The minimum atomic E-state index is -1.99. The predicted molar refractivity (Wildman–Crippen MR) is 60.5 cm³/mol. The number of hydrogen-bond donors (Lipinski definition) is 1. The molecule has 0 aromatic heterocycles. The van der Waals surface area contributed by atoms with Crippen molar-refractivity contribution < 1.29 is 41.7 Å². The van der Waals surface area contributed by atoms with Crippen LogP contribution in [0, 0.1) is 23.3 Å². The smallest absolute Gasteiger partial charge is 0.378 e. The Hall–Kier alpha value is -2.58. The number of halogens is 4. The fraction of sp³-hybridized carbons (Fsp3) is 0.167. The zero-order valence-electron chi connectivity index (χ0n) is 10.7. The van der Waals surface area contributed by atoms with Crippen LogP contribution in [-0.2, 0) is 14.3 Å². The molecule has 0 unspecified atom stereocenters. The predicted octanol–water partition coefficient (Wildman–Crippen LogP) is 1.89. The Labute approximate surface area is 115 Å². The van der Waals surface area contributed by atoms with E-state index in [1.165, 1.54) is 0 Å². The lowest BCUT2D eigenvalue weighted by molar-refractivity contribution is -0.149. The van der Waals surface area contributed by atoms with Gasteiger partial charge in [-0.2, -0.15) is 8.78 Å². The van der Waals surface area contributed by atoms with E-state index >= 15 is 0 Å². The Balaban J connectivity index is 3.48. The maximum Gasteiger partial charge on any atom is 0.378 e. The summed E-state index contributed by atoms with van der Waals surface area (Å²) in [6.45, 7) is 0. The number of hydrogen-bond acceptors (Lipinski definition) is 5. The quantitative estimate of drug-likeness (QED) is 0.230. The Bertz CT molecular complexity index is 610. The summed E-state index contributed by atoms with van der Waals surface area (Å²) < 4.78 is 62.1. The summed E-state index contributed by atoms with van der Waals surface area (Å²) >= 11 is 0. The second-order valence-electron chi connectivity index (χ2n) is 3.55. The molecule has 1 rings (SSSR count). The molecule has 1 aromatic rings. The number of rotatable bonds is 4. The van der Waals surface area contributed by atoms with Crippen LogP contribution >= 0.6 is 0 Å². The molecule has 0 radical (unpaired) electrons. The molecule has 0 spiro atoms. The van der Waals surface area contributed by atoms with Crippen LogP contribution in [0.3, 0.4) is 0 Å². The molecule has 0 heterocycles. The fourth-order valence-electron chi connectivity index (χ4n) is 1.37. The van der Waals surface area contributed by atoms with E-state index in [2.05, 4.69) is 9.47 Å². The van der Waals surface area contributed by atoms with Gasteiger partial charge in [-0.3, -0.25) is 4.79 Å². The Morgan fingerprint density at radius 3 is 1.86 bits per heavy atom. The highest BCUT2D eigenvalue weighted by Gasteiger charge is 2.29. The Kier molecular flexibility index (Phi) is 4.90. The Morgan fingerprint density at radius 2 is 1.48 bits per heavy atom. The highest BCUT2D eigenvalue weighted by molar-refractivity contribution is 6.39. The Morgan fingerprint density at radius 1 is 1.00 bits per heavy atom. The second kappa shape index (κ2) is 6.25. The summed E-state index contributed by atoms with van der Waals surface area (Å²) in [6.07, 6.45) is 0.0681. The summed E-state index contributed by atoms with van der Waals surface area (Å²) in [4.78, 5) is 21.9. The van der Waals surface area contributed by atoms with Gasteiger partial charge in [-0.25, -0.2) is 13.6 Å². The zero-order chi connectivity index (χ0) is 16.3. The van der Waals surface area contributed by atoms with Crippen molar-refractivity contribution in [3.63, 3.8) is 0 Å². The molecule has 0 aliphatic carbocycles. The number of ether oxygens (including phenoxy) is 2. The van der Waals surface area contributed by atoms with Crippen molar-refractivity contribution in [2.45, 2.75) is 0 Å². The van der Waals surface area contributed by atoms with Crippen molar-refractivity contribution in [3.8, 4) is 5.75 Å². The maximum absolute atomic E-state index is 13.6. The van der Waals surface area contributed by atoms with Crippen LogP contribution in [-0.4, -0.2) is 31.1 Å². The number of esters is 1. The molecule has 21 heavy (non-hydrogen) atoms. The van der Waals surface area contributed by atoms with E-state index in [9.17, 15) is 32.3 Å². The van der Waals surface area contributed by atoms with Gasteiger partial charge in [0.15, 0.2) is 17.4 Å². The third-order valence-electron chi connectivity index (χ3n) is 2.34. The normalized spacial score (nSPS) is 11.2. The first-order chi connectivity index (χ1) is 9.76. The molecule has 0 saturated heterocycles. The van der Waals surface area contributed by atoms with E-state index in [1.54, 1.807) is 0 Å². The largest absolute Gasteiger partial charge is 0.507 e. The number of aliphatic hydroxyl groups is 1. The highest BCUT2D eigenvalue weighted by Crippen LogP contribution is 2.32. The standard InChI is InChI=1S/C12H8F4O5/c1-20-11-9(15)7(13)6(8(14)10(11)16)4(17)3-5(18)12(19)21-2/h3,17H,1-2H3. The third kappa shape index (κ3) is 2.96. The molecule has 1 N–H and O–H groups in total. The first-order valence-electron chi connectivity index (χ1n) is 5.19. The van der Waals surface area contributed by atoms with Crippen LogP contribution in [0.4, 0.5) is 17.6 Å². The van der Waals surface area contributed by atoms with Crippen LogP contribution in [0.15, 0.2) is 6.08 Å². The van der Waals surface area contributed by atoms with Gasteiger partial charge < -0.3 is 14.6 Å². The van der Waals surface area contributed by atoms with Crippen LogP contribution in [0.2, 0.25) is 0 Å². The molecule has 0 bridgehead atoms. The second-order valence-corrected chi connectivity index (χ2v) is 3.55. The molecule has 9 heteroatoms. The van der Waals surface area contributed by atoms with Crippen molar-refractivity contribution >= 4 is 17.5 Å². The molecular formula is C12H8F4O5. The van der Waals surface area contributed by atoms with Crippen LogP contribution < -0.4 is 4.74 Å². The van der Waals surface area contributed by atoms with E-state index < -0.39 is 52.1 Å². The molecular weight excluding hydrogens is 300 g/mol. The lowest BCUT2D eigenvalue weighted by Gasteiger charge is -2.10. The molecule has 1 aromatic carbocycles. The van der Waals surface area contributed by atoms with E-state index in [4.69, 9.17) is 0 Å². The number of aliphatic hydroxyl groups excluding tert-OH is 1. The SMILES string of the molecule is COC(=O)C(=O)C=C(O)c1c(F)c(F)c(OC)c(F)c1F. The minimum absolute atomic E-state index is 0.0681. The molecule has 0 atom stereocenters. The van der Waals surface area contributed by atoms with Crippen LogP contribution in [0.1, 0.15) is 5.56 Å². The lowest BCUT2D eigenvalue weighted by Crippen LogP contribution is -2.14. The number of methoxy groups -OCH3 is 2. The average Bonchev–Trinajstić information content (AvgIpc) is 2.45. The van der Waals surface area contributed by atoms with E-state index in [0.29, 0.717) is 0 Å². The van der Waals surface area contributed by atoms with Gasteiger partial charge in [0.2, 0.25) is 11.6 Å². The van der Waals surface area contributed by atoms with Gasteiger partial charge in [0.1, 0.15) is 5.76 Å². The van der Waals surface area contributed by atoms with Crippen molar-refractivity contribution in [2.75, 3.05) is 14.2 Å². The molecule has 0 fully saturated rings. The number of carbonyl (C=O) groups excluding carboxylic acids is 2. The fourth-order valence-corrected chi connectivity index (χ4v) is 1.37. The molecule has 5 nitrogen and oxygen atoms in total. The summed E-state index contributed by atoms with van der Waals surface area (Å²) in [7, 11) is 1.62. The van der Waals surface area contributed by atoms with Crippen molar-refractivity contribution in [3.05, 3.63) is 34.9 Å². The minimum Gasteiger partial charge on any atom is -0.507 e. The van der Waals surface area contributed by atoms with Gasteiger partial charge in [-0.1, -0.05) is 0 Å². The molecule has 0 aliphatic heterocycles. The summed E-state index contributed by atoms with van der Waals surface area (Å²) in [5, 5.41) is 9.39. The van der Waals surface area contributed by atoms with Gasteiger partial charge in [-0.05, 0) is 0 Å². The molecule has 0 aliphatic rings. The summed E-state index contributed by atoms with van der Waals surface area (Å²) in [5.41, 5.74) is -1.55. The topological polar surface area (TPSA) is 72.8 Å². The summed E-state index contributed by atoms with van der Waals surface area (Å²) in [5.74, 6) is -13.5. The van der Waals surface area contributed by atoms with E-state index in [1.807, 2.05) is 0 Å². The average molecular weight is 308 g/mol. The monoisotopic (exact) mass is 308 g/mol. The van der Waals surface area contributed by atoms with E-state index in [-0.39, 0.29) is 6.08 Å². The summed E-state index contributed by atoms with van der Waals surface area (Å²) in [6, 6.07) is 0. The molecule has 0 amide bonds. The maximum atomic E-state index is 13.6. The van der Waals surface area contributed by atoms with E-state index in [0.717, 1.165) is 14.2 Å². The molecule has 114 valence electrons. The first-order valence-corrected chi connectivity index (χ1v) is 5.19. The van der Waals surface area contributed by atoms with Gasteiger partial charge in [0, 0.05) is 6.08 Å². The number of ketones is 1. The number of carbonyl (C=O) groups is 2. The van der Waals surface area contributed by atoms with Gasteiger partial charge in [0.25, 0.3) is 5.78 Å². The first kappa shape index (κ1) is 16.5. The zero-order valence-corrected chi connectivity index (χ0v) is 10.7. The van der Waals surface area contributed by atoms with Gasteiger partial charge in [-0.15, -0.1) is 0 Å². The van der Waals surface area contributed by atoms with Gasteiger partial charge >= 0.3 is 5.97 Å². The van der Waals surface area contributed by atoms with Gasteiger partial charge in [0.05, 0.1) is 19.8 Å². The molecule has 0 saturated carbocycles. The van der Waals surface area contributed by atoms with Crippen LogP contribution in [0.25, 0.3) is 5.76 Å². The van der Waals surface area contributed by atoms with Crippen LogP contribution in [0.5, 0.6) is 5.75 Å². The lowest BCUT2D eigenvalue weighted by atomic mass is 10.1. The van der Waals surface area contributed by atoms with Crippen molar-refractivity contribution in [1.82, 2.24) is 0 Å².